The molecule has 0 fully saturated rings. The zero-order chi connectivity index (χ0) is 20.6. The summed E-state index contributed by atoms with van der Waals surface area (Å²) in [5, 5.41) is -0.00580. The maximum Gasteiger partial charge on any atom is 0.503 e. The van der Waals surface area contributed by atoms with Crippen molar-refractivity contribution in [1.82, 2.24) is 9.97 Å². The van der Waals surface area contributed by atoms with E-state index in [0.717, 1.165) is 6.07 Å². The van der Waals surface area contributed by atoms with Crippen LogP contribution in [0.1, 0.15) is 15.9 Å². The number of nitrogens with zero attached hydrogens (tertiary/aromatic N) is 1. The SMILES string of the molecule is O=C(Nc1cc(C(F)(F)F)c[nH]c1=O)c1cccnc1S(=O)(=O)C(F)(F)F. The van der Waals surface area contributed by atoms with Gasteiger partial charge in [0.15, 0.2) is 5.03 Å². The Bertz CT molecular complexity index is 1040. The number of aromatic nitrogens is 2. The van der Waals surface area contributed by atoms with Crippen LogP contribution in [0.4, 0.5) is 32.0 Å². The summed E-state index contributed by atoms with van der Waals surface area (Å²) >= 11 is 0. The third-order valence-corrected chi connectivity index (χ3v) is 4.50. The van der Waals surface area contributed by atoms with Crippen molar-refractivity contribution in [2.24, 2.45) is 0 Å². The number of H-pyrrole nitrogens is 1. The van der Waals surface area contributed by atoms with Crippen molar-refractivity contribution in [3.8, 4) is 0 Å². The number of alkyl halides is 6. The van der Waals surface area contributed by atoms with Crippen molar-refractivity contribution in [2.75, 3.05) is 5.32 Å². The molecule has 146 valence electrons. The highest BCUT2D eigenvalue weighted by molar-refractivity contribution is 7.92. The number of carbonyl (C=O) groups excluding carboxylic acids is 1. The lowest BCUT2D eigenvalue weighted by atomic mass is 10.2. The second-order valence-corrected chi connectivity index (χ2v) is 6.74. The number of rotatable bonds is 3. The molecule has 2 N–H and O–H groups in total. The fraction of sp³-hybridized carbons (Fsp3) is 0.154. The van der Waals surface area contributed by atoms with Gasteiger partial charge < -0.3 is 10.3 Å². The lowest BCUT2D eigenvalue weighted by molar-refractivity contribution is -0.137. The molecule has 0 unspecified atom stereocenters. The van der Waals surface area contributed by atoms with Gasteiger partial charge in [-0.2, -0.15) is 26.3 Å². The van der Waals surface area contributed by atoms with Gasteiger partial charge in [-0.3, -0.25) is 9.59 Å². The molecule has 0 radical (unpaired) electrons. The molecule has 0 bridgehead atoms. The van der Waals surface area contributed by atoms with E-state index >= 15 is 0 Å². The number of nitrogens with one attached hydrogen (secondary N) is 2. The van der Waals surface area contributed by atoms with E-state index in [0.29, 0.717) is 18.5 Å². The highest BCUT2D eigenvalue weighted by Crippen LogP contribution is 2.31. The Labute approximate surface area is 146 Å². The fourth-order valence-corrected chi connectivity index (χ4v) is 2.69. The first-order valence-electron chi connectivity index (χ1n) is 6.63. The number of anilines is 1. The highest BCUT2D eigenvalue weighted by atomic mass is 32.2. The smallest absolute Gasteiger partial charge is 0.327 e. The first-order valence-corrected chi connectivity index (χ1v) is 8.11. The molecule has 0 aromatic carbocycles. The van der Waals surface area contributed by atoms with Crippen molar-refractivity contribution >= 4 is 21.4 Å². The van der Waals surface area contributed by atoms with Crippen LogP contribution >= 0.6 is 0 Å². The van der Waals surface area contributed by atoms with Crippen LogP contribution < -0.4 is 10.9 Å². The van der Waals surface area contributed by atoms with Crippen molar-refractivity contribution < 1.29 is 39.6 Å². The number of pyridine rings is 2. The van der Waals surface area contributed by atoms with E-state index in [9.17, 15) is 44.3 Å². The van der Waals surface area contributed by atoms with Gasteiger partial charge in [0, 0.05) is 12.4 Å². The van der Waals surface area contributed by atoms with Crippen molar-refractivity contribution in [3.05, 3.63) is 52.1 Å². The molecule has 0 aliphatic heterocycles. The number of halogens is 6. The molecular formula is C13H7F6N3O4S. The van der Waals surface area contributed by atoms with Gasteiger partial charge in [-0.25, -0.2) is 13.4 Å². The zero-order valence-corrected chi connectivity index (χ0v) is 13.5. The molecule has 2 heterocycles. The maximum absolute atomic E-state index is 12.7. The second-order valence-electron chi connectivity index (χ2n) is 4.89. The second kappa shape index (κ2) is 6.68. The van der Waals surface area contributed by atoms with E-state index in [1.165, 1.54) is 0 Å². The quantitative estimate of drug-likeness (QED) is 0.748. The van der Waals surface area contributed by atoms with Crippen molar-refractivity contribution in [1.29, 1.82) is 0 Å². The van der Waals surface area contributed by atoms with E-state index in [2.05, 4.69) is 4.98 Å². The third kappa shape index (κ3) is 4.10. The van der Waals surface area contributed by atoms with Gasteiger partial charge in [0.2, 0.25) is 0 Å². The van der Waals surface area contributed by atoms with E-state index in [1.807, 2.05) is 0 Å². The fourth-order valence-electron chi connectivity index (χ4n) is 1.82. The minimum atomic E-state index is -6.02. The third-order valence-electron chi connectivity index (χ3n) is 3.05. The van der Waals surface area contributed by atoms with E-state index in [4.69, 9.17) is 0 Å². The van der Waals surface area contributed by atoms with Crippen LogP contribution in [0.3, 0.4) is 0 Å². The van der Waals surface area contributed by atoms with Gasteiger partial charge in [-0.05, 0) is 18.2 Å². The van der Waals surface area contributed by atoms with Crippen molar-refractivity contribution in [3.63, 3.8) is 0 Å². The molecule has 2 aromatic heterocycles. The summed E-state index contributed by atoms with van der Waals surface area (Å²) in [4.78, 5) is 28.4. The predicted molar refractivity (Wildman–Crippen MR) is 77.5 cm³/mol. The first-order chi connectivity index (χ1) is 12.2. The number of aromatic amines is 1. The molecule has 14 heteroatoms. The summed E-state index contributed by atoms with van der Waals surface area (Å²) < 4.78 is 99.1. The van der Waals surface area contributed by atoms with Crippen LogP contribution in [0.2, 0.25) is 0 Å². The Balaban J connectivity index is 2.49. The molecule has 0 aliphatic carbocycles. The molecule has 2 rings (SSSR count). The molecule has 0 saturated carbocycles. The Morgan fingerprint density at radius 2 is 1.78 bits per heavy atom. The minimum absolute atomic E-state index is 0.241. The summed E-state index contributed by atoms with van der Waals surface area (Å²) in [5.74, 6) is -1.57. The van der Waals surface area contributed by atoms with Crippen LogP contribution in [-0.2, 0) is 16.0 Å². The summed E-state index contributed by atoms with van der Waals surface area (Å²) in [7, 11) is -6.02. The van der Waals surface area contributed by atoms with Crippen molar-refractivity contribution in [2.45, 2.75) is 16.7 Å². The minimum Gasteiger partial charge on any atom is -0.327 e. The van der Waals surface area contributed by atoms with Gasteiger partial charge in [0.05, 0.1) is 11.1 Å². The van der Waals surface area contributed by atoms with E-state index < -0.39 is 54.8 Å². The predicted octanol–water partition coefficient (Wildman–Crippen LogP) is 2.33. The topological polar surface area (TPSA) is 109 Å². The summed E-state index contributed by atoms with van der Waals surface area (Å²) in [6.45, 7) is 0. The van der Waals surface area contributed by atoms with Crippen LogP contribution in [0.15, 0.2) is 40.4 Å². The normalized spacial score (nSPS) is 12.7. The largest absolute Gasteiger partial charge is 0.503 e. The summed E-state index contributed by atoms with van der Waals surface area (Å²) in [5.41, 5.74) is -10.4. The van der Waals surface area contributed by atoms with Gasteiger partial charge in [-0.15, -0.1) is 0 Å². The number of hydrogen-bond donors (Lipinski definition) is 2. The molecular weight excluding hydrogens is 408 g/mol. The lowest BCUT2D eigenvalue weighted by Crippen LogP contribution is -2.28. The van der Waals surface area contributed by atoms with Crippen LogP contribution in [-0.4, -0.2) is 29.8 Å². The monoisotopic (exact) mass is 415 g/mol. The number of sulfone groups is 1. The molecule has 0 atom stereocenters. The number of amides is 1. The number of carbonyl (C=O) groups is 1. The van der Waals surface area contributed by atoms with Gasteiger partial charge in [0.1, 0.15) is 5.69 Å². The molecule has 0 spiro atoms. The lowest BCUT2D eigenvalue weighted by Gasteiger charge is -2.12. The highest BCUT2D eigenvalue weighted by Gasteiger charge is 2.49. The molecule has 27 heavy (non-hydrogen) atoms. The van der Waals surface area contributed by atoms with E-state index in [1.54, 1.807) is 10.3 Å². The van der Waals surface area contributed by atoms with Gasteiger partial charge >= 0.3 is 11.7 Å². The summed E-state index contributed by atoms with van der Waals surface area (Å²) in [6.07, 6.45) is -3.89. The molecule has 0 aliphatic rings. The Hall–Kier alpha value is -2.90. The van der Waals surface area contributed by atoms with Gasteiger partial charge in [0.25, 0.3) is 21.3 Å². The van der Waals surface area contributed by atoms with E-state index in [-0.39, 0.29) is 6.07 Å². The Kier molecular flexibility index (Phi) is 5.05. The Morgan fingerprint density at radius 1 is 1.15 bits per heavy atom. The molecule has 7 nitrogen and oxygen atoms in total. The van der Waals surface area contributed by atoms with Crippen LogP contribution in [0.5, 0.6) is 0 Å². The standard InChI is InChI=1S/C13H7F6N3O4S/c14-12(15,16)6-4-8(10(24)21-5-6)22-9(23)7-2-1-3-20-11(7)27(25,26)13(17,18)19/h1-5H,(H,21,24)(H,22,23). The van der Waals surface area contributed by atoms with Gasteiger partial charge in [-0.1, -0.05) is 0 Å². The zero-order valence-electron chi connectivity index (χ0n) is 12.6. The molecule has 0 saturated heterocycles. The first kappa shape index (κ1) is 20.4. The summed E-state index contributed by atoms with van der Waals surface area (Å²) in [6, 6.07) is 1.83. The maximum atomic E-state index is 12.7. The average Bonchev–Trinajstić information content (AvgIpc) is 2.54. The van der Waals surface area contributed by atoms with Crippen LogP contribution in [0, 0.1) is 0 Å². The van der Waals surface area contributed by atoms with Crippen LogP contribution in [0.25, 0.3) is 0 Å². The average molecular weight is 415 g/mol. The molecule has 2 aromatic rings. The Morgan fingerprint density at radius 3 is 2.33 bits per heavy atom. The molecule has 1 amide bonds. The number of hydrogen-bond acceptors (Lipinski definition) is 5.